The average Bonchev–Trinajstić information content (AvgIpc) is 2.40. The summed E-state index contributed by atoms with van der Waals surface area (Å²) in [6, 6.07) is 6.72. The van der Waals surface area contributed by atoms with Crippen LogP contribution in [0.1, 0.15) is 32.8 Å². The molecule has 0 unspecified atom stereocenters. The molecule has 0 spiro atoms. The lowest BCUT2D eigenvalue weighted by Gasteiger charge is -2.02. The van der Waals surface area contributed by atoms with Crippen molar-refractivity contribution in [3.05, 3.63) is 40.3 Å². The van der Waals surface area contributed by atoms with Gasteiger partial charge in [-0.3, -0.25) is 9.59 Å². The van der Waals surface area contributed by atoms with Gasteiger partial charge in [0, 0.05) is 24.1 Å². The van der Waals surface area contributed by atoms with Crippen LogP contribution in [-0.2, 0) is 16.0 Å². The Kier molecular flexibility index (Phi) is 9.88. The summed E-state index contributed by atoms with van der Waals surface area (Å²) in [6.07, 6.45) is 0.990. The minimum atomic E-state index is -0.864. The van der Waals surface area contributed by atoms with Gasteiger partial charge in [-0.1, -0.05) is 31.1 Å². The molecule has 1 aromatic carbocycles. The monoisotopic (exact) mass is 306 g/mol. The first kappa shape index (κ1) is 19.5. The van der Waals surface area contributed by atoms with Crippen molar-refractivity contribution < 1.29 is 14.7 Å². The van der Waals surface area contributed by atoms with Gasteiger partial charge in [-0.05, 0) is 35.6 Å². The largest absolute Gasteiger partial charge is 0.481 e. The van der Waals surface area contributed by atoms with Crippen LogP contribution < -0.4 is 5.32 Å². The number of carboxylic acids is 1. The summed E-state index contributed by atoms with van der Waals surface area (Å²) in [5, 5.41) is 14.5. The van der Waals surface area contributed by atoms with Crippen LogP contribution in [0.25, 0.3) is 10.4 Å². The fourth-order valence-electron chi connectivity index (χ4n) is 1.44. The Labute approximate surface area is 130 Å². The zero-order valence-electron chi connectivity index (χ0n) is 13.1. The minimum Gasteiger partial charge on any atom is -0.481 e. The van der Waals surface area contributed by atoms with Gasteiger partial charge < -0.3 is 10.4 Å². The Morgan fingerprint density at radius 2 is 1.91 bits per heavy atom. The van der Waals surface area contributed by atoms with Crippen LogP contribution in [0.4, 0.5) is 5.69 Å². The summed E-state index contributed by atoms with van der Waals surface area (Å²) in [5.74, 6) is -0.367. The predicted octanol–water partition coefficient (Wildman–Crippen LogP) is 3.61. The molecule has 0 fully saturated rings. The molecule has 0 aliphatic rings. The molecule has 7 heteroatoms. The summed E-state index contributed by atoms with van der Waals surface area (Å²) < 4.78 is 0. The maximum Gasteiger partial charge on any atom is 0.307 e. The van der Waals surface area contributed by atoms with E-state index in [1.54, 1.807) is 24.3 Å². The molecule has 0 saturated heterocycles. The summed E-state index contributed by atoms with van der Waals surface area (Å²) in [7, 11) is 0. The Hall–Kier alpha value is -2.53. The number of azide groups is 1. The molecular weight excluding hydrogens is 284 g/mol. The first-order chi connectivity index (χ1) is 10.3. The number of nitrogens with one attached hydrogen (secondary N) is 1. The second-order valence-electron chi connectivity index (χ2n) is 5.09. The van der Waals surface area contributed by atoms with E-state index in [9.17, 15) is 9.59 Å². The van der Waals surface area contributed by atoms with E-state index in [0.29, 0.717) is 23.7 Å². The van der Waals surface area contributed by atoms with Crippen molar-refractivity contribution in [2.75, 3.05) is 11.9 Å². The van der Waals surface area contributed by atoms with Crippen molar-refractivity contribution >= 4 is 17.6 Å². The van der Waals surface area contributed by atoms with E-state index in [1.165, 1.54) is 6.92 Å². The van der Waals surface area contributed by atoms with Crippen LogP contribution in [0.3, 0.4) is 0 Å². The van der Waals surface area contributed by atoms with E-state index in [0.717, 1.165) is 6.42 Å². The second kappa shape index (κ2) is 11.2. The molecule has 0 saturated carbocycles. The van der Waals surface area contributed by atoms with Crippen LogP contribution in [0, 0.1) is 5.92 Å². The fourth-order valence-corrected chi connectivity index (χ4v) is 1.44. The lowest BCUT2D eigenvalue weighted by atomic mass is 10.1. The van der Waals surface area contributed by atoms with Gasteiger partial charge in [0.15, 0.2) is 0 Å². The highest BCUT2D eigenvalue weighted by atomic mass is 16.4. The van der Waals surface area contributed by atoms with Gasteiger partial charge in [-0.15, -0.1) is 0 Å². The zero-order valence-corrected chi connectivity index (χ0v) is 13.1. The third kappa shape index (κ3) is 11.3. The van der Waals surface area contributed by atoms with Gasteiger partial charge in [0.1, 0.15) is 0 Å². The topological polar surface area (TPSA) is 115 Å². The summed E-state index contributed by atoms with van der Waals surface area (Å²) >= 11 is 0. The molecule has 1 aromatic rings. The van der Waals surface area contributed by atoms with E-state index in [4.69, 9.17) is 10.6 Å². The fraction of sp³-hybridized carbons (Fsp3) is 0.467. The number of rotatable bonds is 6. The van der Waals surface area contributed by atoms with E-state index >= 15 is 0 Å². The molecular formula is C15H22N4O3. The molecule has 7 nitrogen and oxygen atoms in total. The number of nitrogens with zero attached hydrogens (tertiary/aromatic N) is 3. The van der Waals surface area contributed by atoms with Gasteiger partial charge in [0.2, 0.25) is 5.91 Å². The van der Waals surface area contributed by atoms with Crippen LogP contribution in [0.15, 0.2) is 29.4 Å². The molecule has 0 aliphatic heterocycles. The van der Waals surface area contributed by atoms with E-state index in [2.05, 4.69) is 29.2 Å². The van der Waals surface area contributed by atoms with Crippen molar-refractivity contribution in [2.45, 2.75) is 33.6 Å². The van der Waals surface area contributed by atoms with Crippen molar-refractivity contribution in [2.24, 2.45) is 11.0 Å². The second-order valence-corrected chi connectivity index (χ2v) is 5.09. The lowest BCUT2D eigenvalue weighted by Crippen LogP contribution is -2.06. The molecule has 0 radical (unpaired) electrons. The number of hydrogen-bond acceptors (Lipinski definition) is 3. The van der Waals surface area contributed by atoms with Crippen molar-refractivity contribution in [1.82, 2.24) is 0 Å². The standard InChI is InChI=1S/C10H11NO3.C5H11N3/c1-7(12)11-9-4-2-8(3-5-9)6-10(13)14;1-5(2)3-4-7-8-6/h2-5H,6H2,1H3,(H,11,12)(H,13,14);5H,3-4H2,1-2H3. The van der Waals surface area contributed by atoms with Crippen molar-refractivity contribution in [3.8, 4) is 0 Å². The van der Waals surface area contributed by atoms with Crippen LogP contribution in [0.5, 0.6) is 0 Å². The van der Waals surface area contributed by atoms with Crippen LogP contribution in [0.2, 0.25) is 0 Å². The first-order valence-electron chi connectivity index (χ1n) is 6.94. The summed E-state index contributed by atoms with van der Waals surface area (Å²) in [4.78, 5) is 23.7. The highest BCUT2D eigenvalue weighted by Crippen LogP contribution is 2.09. The molecule has 22 heavy (non-hydrogen) atoms. The number of carbonyl (C=O) groups is 2. The lowest BCUT2D eigenvalue weighted by molar-refractivity contribution is -0.136. The third-order valence-corrected chi connectivity index (χ3v) is 2.50. The van der Waals surface area contributed by atoms with Gasteiger partial charge in [-0.2, -0.15) is 0 Å². The Balaban J connectivity index is 0.000000472. The summed E-state index contributed by atoms with van der Waals surface area (Å²) in [6.45, 7) is 6.26. The minimum absolute atomic E-state index is 0.000349. The number of aliphatic carboxylic acids is 1. The smallest absolute Gasteiger partial charge is 0.307 e. The Morgan fingerprint density at radius 3 is 2.32 bits per heavy atom. The van der Waals surface area contributed by atoms with Crippen molar-refractivity contribution in [1.29, 1.82) is 0 Å². The van der Waals surface area contributed by atoms with E-state index < -0.39 is 5.97 Å². The third-order valence-electron chi connectivity index (χ3n) is 2.50. The molecule has 1 amide bonds. The van der Waals surface area contributed by atoms with Crippen molar-refractivity contribution in [3.63, 3.8) is 0 Å². The number of amides is 1. The van der Waals surface area contributed by atoms with Gasteiger partial charge in [0.25, 0.3) is 0 Å². The Bertz CT molecular complexity index is 485. The maximum absolute atomic E-state index is 10.7. The molecule has 0 aliphatic carbocycles. The normalized spacial score (nSPS) is 9.27. The molecule has 120 valence electrons. The molecule has 2 N–H and O–H groups in total. The van der Waals surface area contributed by atoms with Crippen LogP contribution in [-0.4, -0.2) is 23.5 Å². The first-order valence-corrected chi connectivity index (χ1v) is 6.94. The van der Waals surface area contributed by atoms with E-state index in [-0.39, 0.29) is 12.3 Å². The summed E-state index contributed by atoms with van der Waals surface area (Å²) in [5.41, 5.74) is 9.22. The zero-order chi connectivity index (χ0) is 17.0. The van der Waals surface area contributed by atoms with Gasteiger partial charge in [0.05, 0.1) is 6.42 Å². The van der Waals surface area contributed by atoms with E-state index in [1.807, 2.05) is 0 Å². The van der Waals surface area contributed by atoms with Gasteiger partial charge in [-0.25, -0.2) is 0 Å². The average molecular weight is 306 g/mol. The molecule has 1 rings (SSSR count). The number of carbonyl (C=O) groups excluding carboxylic acids is 1. The SMILES string of the molecule is CC(=O)Nc1ccc(CC(=O)O)cc1.CC(C)CCN=[N+]=[N-]. The predicted molar refractivity (Wildman–Crippen MR) is 85.6 cm³/mol. The molecule has 0 bridgehead atoms. The van der Waals surface area contributed by atoms with Crippen LogP contribution >= 0.6 is 0 Å². The number of carboxylic acid groups (broad SMARTS) is 1. The Morgan fingerprint density at radius 1 is 1.32 bits per heavy atom. The molecule has 0 heterocycles. The quantitative estimate of drug-likeness (QED) is 0.475. The number of hydrogen-bond donors (Lipinski definition) is 2. The number of anilines is 1. The maximum atomic E-state index is 10.7. The molecule has 0 atom stereocenters. The highest BCUT2D eigenvalue weighted by Gasteiger charge is 2.00. The van der Waals surface area contributed by atoms with Gasteiger partial charge >= 0.3 is 5.97 Å². The number of benzene rings is 1. The highest BCUT2D eigenvalue weighted by molar-refractivity contribution is 5.88. The molecule has 0 aromatic heterocycles.